The minimum atomic E-state index is -4.61. The molecule has 1 aromatic heterocycles. The zero-order chi connectivity index (χ0) is 37.6. The molecule has 50 heavy (non-hydrogen) atoms. The molecule has 14 heteroatoms. The largest absolute Gasteiger partial charge is 0.465 e. The molecule has 0 spiro atoms. The average Bonchev–Trinajstić information content (AvgIpc) is 3.33. The summed E-state index contributed by atoms with van der Waals surface area (Å²) < 4.78 is 49.6. The van der Waals surface area contributed by atoms with Crippen molar-refractivity contribution in [3.63, 3.8) is 0 Å². The molecule has 1 aliphatic rings. The highest BCUT2D eigenvalue weighted by Crippen LogP contribution is 2.60. The molecule has 2 unspecified atom stereocenters. The molecule has 1 fully saturated rings. The number of thioether (sulfide) groups is 1. The fraction of sp³-hybridized carbons (Fsp3) is 0.472. The third-order valence-electron chi connectivity index (χ3n) is 8.10. The van der Waals surface area contributed by atoms with Crippen LogP contribution in [0.25, 0.3) is 11.1 Å². The molecule has 0 aliphatic heterocycles. The number of carbonyl (C=O) groups excluding carboxylic acids is 3. The number of esters is 2. The number of allylic oxidation sites excluding steroid dienone is 2. The van der Waals surface area contributed by atoms with Crippen molar-refractivity contribution >= 4 is 41.3 Å². The summed E-state index contributed by atoms with van der Waals surface area (Å²) in [4.78, 5) is 41.9. The fourth-order valence-corrected chi connectivity index (χ4v) is 5.91. The van der Waals surface area contributed by atoms with Gasteiger partial charge >= 0.3 is 24.1 Å². The van der Waals surface area contributed by atoms with E-state index in [0.29, 0.717) is 17.6 Å². The molecule has 0 bridgehead atoms. The SMILES string of the molecule is CCOC(=O)CSc1nc(C(C)(C)C)nn1C(=O)N(C)C.Cc1c(COC(=O)C2C(/C=C(\Cl)C(F)(F)F)C2(C)C)cccc1-c1ccccc1. The summed E-state index contributed by atoms with van der Waals surface area (Å²) in [5.74, 6) is -1.43. The minimum Gasteiger partial charge on any atom is -0.465 e. The number of carbonyl (C=O) groups is 3. The lowest BCUT2D eigenvalue weighted by Crippen LogP contribution is -2.29. The van der Waals surface area contributed by atoms with Gasteiger partial charge in [-0.2, -0.15) is 17.9 Å². The van der Waals surface area contributed by atoms with Crippen molar-refractivity contribution in [3.8, 4) is 11.1 Å². The number of ether oxygens (including phenoxy) is 2. The van der Waals surface area contributed by atoms with Crippen LogP contribution in [0.5, 0.6) is 0 Å². The van der Waals surface area contributed by atoms with Crippen LogP contribution in [0.15, 0.2) is 64.8 Å². The number of aromatic nitrogens is 3. The number of hydrogen-bond donors (Lipinski definition) is 0. The lowest BCUT2D eigenvalue weighted by molar-refractivity contribution is -0.147. The summed E-state index contributed by atoms with van der Waals surface area (Å²) in [6.07, 6.45) is -3.68. The van der Waals surface area contributed by atoms with Gasteiger partial charge < -0.3 is 14.4 Å². The van der Waals surface area contributed by atoms with E-state index in [1.807, 2.05) is 76.2 Å². The van der Waals surface area contributed by atoms with E-state index in [0.717, 1.165) is 40.1 Å². The molecular formula is C36H44ClF3N4O5S. The van der Waals surface area contributed by atoms with Crippen molar-refractivity contribution in [3.05, 3.63) is 76.6 Å². The topological polar surface area (TPSA) is 104 Å². The Labute approximate surface area is 300 Å². The van der Waals surface area contributed by atoms with Crippen molar-refractivity contribution in [2.45, 2.75) is 71.8 Å². The van der Waals surface area contributed by atoms with Crippen LogP contribution in [-0.2, 0) is 31.1 Å². The maximum atomic E-state index is 12.7. The van der Waals surface area contributed by atoms with Gasteiger partial charge in [-0.05, 0) is 47.4 Å². The highest BCUT2D eigenvalue weighted by atomic mass is 35.5. The lowest BCUT2D eigenvalue weighted by atomic mass is 9.96. The first-order valence-corrected chi connectivity index (χ1v) is 17.3. The van der Waals surface area contributed by atoms with E-state index in [1.165, 1.54) is 9.58 Å². The number of nitrogens with zero attached hydrogens (tertiary/aromatic N) is 4. The van der Waals surface area contributed by atoms with Crippen molar-refractivity contribution in [1.29, 1.82) is 0 Å². The fourth-order valence-electron chi connectivity index (χ4n) is 5.05. The standard InChI is InChI=1S/C23H22ClF3O2.C13H22N4O3S/c1-14-16(10-7-11-17(14)15-8-5-4-6-9-15)13-29-21(28)20-18(22(20,2)3)12-19(24)23(25,26)27;1-7-20-9(18)8-21-11-14-10(13(2,3)4)15-17(11)12(19)16(5)6/h4-12,18,20H,13H2,1-3H3;7-8H2,1-6H3/b19-12-;. The predicted molar refractivity (Wildman–Crippen MR) is 188 cm³/mol. The van der Waals surface area contributed by atoms with Crippen molar-refractivity contribution < 1.29 is 37.0 Å². The monoisotopic (exact) mass is 736 g/mol. The molecule has 2 atom stereocenters. The molecule has 0 radical (unpaired) electrons. The Kier molecular flexibility index (Phi) is 13.4. The van der Waals surface area contributed by atoms with E-state index in [-0.39, 0.29) is 29.8 Å². The summed E-state index contributed by atoms with van der Waals surface area (Å²) in [7, 11) is 3.28. The smallest absolute Gasteiger partial charge is 0.426 e. The first kappa shape index (κ1) is 40.6. The Bertz CT molecular complexity index is 1700. The Hall–Kier alpha value is -3.84. The summed E-state index contributed by atoms with van der Waals surface area (Å²) >= 11 is 6.49. The molecule has 1 amide bonds. The van der Waals surface area contributed by atoms with Gasteiger partial charge in [0.15, 0.2) is 11.0 Å². The van der Waals surface area contributed by atoms with Crippen LogP contribution in [-0.4, -0.2) is 70.3 Å². The Morgan fingerprint density at radius 1 is 1.04 bits per heavy atom. The number of amides is 1. The second-order valence-electron chi connectivity index (χ2n) is 13.6. The van der Waals surface area contributed by atoms with Gasteiger partial charge in [0.2, 0.25) is 0 Å². The Balaban J connectivity index is 0.000000286. The highest BCUT2D eigenvalue weighted by Gasteiger charge is 2.62. The van der Waals surface area contributed by atoms with Crippen LogP contribution in [0.2, 0.25) is 0 Å². The van der Waals surface area contributed by atoms with Gasteiger partial charge in [-0.1, -0.05) is 113 Å². The lowest BCUT2D eigenvalue weighted by Gasteiger charge is -2.13. The number of hydrogen-bond acceptors (Lipinski definition) is 8. The highest BCUT2D eigenvalue weighted by molar-refractivity contribution is 7.99. The van der Waals surface area contributed by atoms with Crippen LogP contribution >= 0.6 is 23.4 Å². The van der Waals surface area contributed by atoms with Crippen LogP contribution in [0.4, 0.5) is 18.0 Å². The molecule has 9 nitrogen and oxygen atoms in total. The van der Waals surface area contributed by atoms with Gasteiger partial charge in [0.05, 0.1) is 18.3 Å². The number of benzene rings is 2. The van der Waals surface area contributed by atoms with Crippen LogP contribution < -0.4 is 0 Å². The molecule has 0 N–H and O–H groups in total. The second-order valence-corrected chi connectivity index (χ2v) is 14.9. The van der Waals surface area contributed by atoms with E-state index in [1.54, 1.807) is 34.9 Å². The van der Waals surface area contributed by atoms with Crippen molar-refractivity contribution in [2.75, 3.05) is 26.5 Å². The van der Waals surface area contributed by atoms with Gasteiger partial charge in [-0.3, -0.25) is 9.59 Å². The molecule has 0 saturated heterocycles. The zero-order valence-electron chi connectivity index (χ0n) is 29.7. The third-order valence-corrected chi connectivity index (χ3v) is 9.34. The summed E-state index contributed by atoms with van der Waals surface area (Å²) in [5.41, 5.74) is 3.06. The maximum absolute atomic E-state index is 12.7. The first-order valence-electron chi connectivity index (χ1n) is 15.9. The first-order chi connectivity index (χ1) is 23.2. The second kappa shape index (κ2) is 16.5. The molecule has 272 valence electrons. The minimum absolute atomic E-state index is 0.0708. The van der Waals surface area contributed by atoms with E-state index in [9.17, 15) is 27.6 Å². The zero-order valence-corrected chi connectivity index (χ0v) is 31.3. The number of halogens is 4. The molecule has 1 heterocycles. The van der Waals surface area contributed by atoms with Crippen molar-refractivity contribution in [2.24, 2.45) is 17.3 Å². The summed E-state index contributed by atoms with van der Waals surface area (Å²) in [5, 5.41) is 3.47. The quantitative estimate of drug-likeness (QED) is 0.159. The van der Waals surface area contributed by atoms with Gasteiger partial charge in [-0.15, -0.1) is 5.10 Å². The van der Waals surface area contributed by atoms with Gasteiger partial charge in [0.1, 0.15) is 11.6 Å². The van der Waals surface area contributed by atoms with E-state index >= 15 is 0 Å². The summed E-state index contributed by atoms with van der Waals surface area (Å²) in [6, 6.07) is 15.3. The van der Waals surface area contributed by atoms with Crippen LogP contribution in [0, 0.1) is 24.2 Å². The molecule has 1 aliphatic carbocycles. The number of alkyl halides is 3. The van der Waals surface area contributed by atoms with Crippen LogP contribution in [0.3, 0.4) is 0 Å². The molecule has 2 aromatic carbocycles. The Morgan fingerprint density at radius 3 is 2.24 bits per heavy atom. The Morgan fingerprint density at radius 2 is 1.68 bits per heavy atom. The summed E-state index contributed by atoms with van der Waals surface area (Å²) in [6.45, 7) is 13.5. The van der Waals surface area contributed by atoms with Gasteiger partial charge in [-0.25, -0.2) is 9.78 Å². The molecular weight excluding hydrogens is 693 g/mol. The number of rotatable bonds is 9. The normalized spacial score (nSPS) is 16.9. The molecule has 4 rings (SSSR count). The van der Waals surface area contributed by atoms with E-state index < -0.39 is 34.4 Å². The van der Waals surface area contributed by atoms with E-state index in [4.69, 9.17) is 21.1 Å². The predicted octanol–water partition coefficient (Wildman–Crippen LogP) is 8.42. The van der Waals surface area contributed by atoms with Crippen LogP contribution in [0.1, 0.15) is 58.5 Å². The molecule has 1 saturated carbocycles. The average molecular weight is 737 g/mol. The van der Waals surface area contributed by atoms with Gasteiger partial charge in [0.25, 0.3) is 0 Å². The molecule has 3 aromatic rings. The third kappa shape index (κ3) is 10.3. The van der Waals surface area contributed by atoms with Gasteiger partial charge in [0, 0.05) is 19.5 Å². The van der Waals surface area contributed by atoms with E-state index in [2.05, 4.69) is 10.1 Å². The maximum Gasteiger partial charge on any atom is 0.426 e. The van der Waals surface area contributed by atoms with Crippen molar-refractivity contribution in [1.82, 2.24) is 19.7 Å².